The topological polar surface area (TPSA) is 29.3 Å². The highest BCUT2D eigenvalue weighted by Gasteiger charge is 2.18. The second-order valence-corrected chi connectivity index (χ2v) is 5.60. The van der Waals surface area contributed by atoms with E-state index in [0.717, 1.165) is 15.7 Å². The van der Waals surface area contributed by atoms with Crippen LogP contribution in [0.2, 0.25) is 0 Å². The molecule has 0 aliphatic rings. The van der Waals surface area contributed by atoms with Crippen LogP contribution < -0.4 is 10.6 Å². The van der Waals surface area contributed by atoms with Crippen molar-refractivity contribution < 1.29 is 4.39 Å². The van der Waals surface area contributed by atoms with Crippen molar-refractivity contribution in [3.8, 4) is 0 Å². The third-order valence-electron chi connectivity index (χ3n) is 3.61. The Bertz CT molecular complexity index is 601. The van der Waals surface area contributed by atoms with Crippen LogP contribution in [0, 0.1) is 5.82 Å². The molecule has 0 bridgehead atoms. The fourth-order valence-electron chi connectivity index (χ4n) is 2.31. The summed E-state index contributed by atoms with van der Waals surface area (Å²) in [6.45, 7) is 2.42. The van der Waals surface area contributed by atoms with Crippen molar-refractivity contribution in [2.45, 2.75) is 19.5 Å². The molecule has 0 aliphatic carbocycles. The summed E-state index contributed by atoms with van der Waals surface area (Å²) in [6, 6.07) is 12.7. The molecule has 20 heavy (non-hydrogen) atoms. The molecule has 0 aliphatic heterocycles. The van der Waals surface area contributed by atoms with Crippen molar-refractivity contribution >= 4 is 21.6 Å². The number of anilines is 1. The van der Waals surface area contributed by atoms with Crippen molar-refractivity contribution in [2.24, 2.45) is 5.73 Å². The molecule has 0 aromatic heterocycles. The lowest BCUT2D eigenvalue weighted by Gasteiger charge is -2.30. The van der Waals surface area contributed by atoms with E-state index in [4.69, 9.17) is 5.73 Å². The Balaban J connectivity index is 2.39. The van der Waals surface area contributed by atoms with Gasteiger partial charge < -0.3 is 10.6 Å². The van der Waals surface area contributed by atoms with Gasteiger partial charge in [0.05, 0.1) is 6.04 Å². The lowest BCUT2D eigenvalue weighted by atomic mass is 10.0. The van der Waals surface area contributed by atoms with E-state index in [1.54, 1.807) is 6.07 Å². The van der Waals surface area contributed by atoms with E-state index in [1.165, 1.54) is 6.07 Å². The average Bonchev–Trinajstić information content (AvgIpc) is 2.46. The van der Waals surface area contributed by atoms with Gasteiger partial charge in [-0.25, -0.2) is 4.39 Å². The predicted molar refractivity (Wildman–Crippen MR) is 85.3 cm³/mol. The fourth-order valence-corrected chi connectivity index (χ4v) is 2.83. The summed E-state index contributed by atoms with van der Waals surface area (Å²) in [7, 11) is 1.96. The highest BCUT2D eigenvalue weighted by molar-refractivity contribution is 9.10. The van der Waals surface area contributed by atoms with Crippen LogP contribution in [-0.4, -0.2) is 7.05 Å². The number of nitrogens with two attached hydrogens (primary N) is 1. The lowest BCUT2D eigenvalue weighted by molar-refractivity contribution is 0.585. The molecule has 4 heteroatoms. The molecule has 0 saturated heterocycles. The first-order chi connectivity index (χ1) is 9.56. The van der Waals surface area contributed by atoms with E-state index in [-0.39, 0.29) is 11.9 Å². The van der Waals surface area contributed by atoms with E-state index >= 15 is 0 Å². The molecule has 2 aromatic rings. The fraction of sp³-hybridized carbons (Fsp3) is 0.250. The van der Waals surface area contributed by atoms with Crippen LogP contribution in [0.3, 0.4) is 0 Å². The van der Waals surface area contributed by atoms with Gasteiger partial charge in [-0.1, -0.05) is 40.2 Å². The number of nitrogens with zero attached hydrogens (tertiary/aromatic N) is 1. The summed E-state index contributed by atoms with van der Waals surface area (Å²) in [4.78, 5) is 2.05. The van der Waals surface area contributed by atoms with Crippen LogP contribution in [0.25, 0.3) is 0 Å². The molecule has 1 unspecified atom stereocenters. The van der Waals surface area contributed by atoms with Gasteiger partial charge in [-0.05, 0) is 25.1 Å². The SMILES string of the molecule is CC(c1ccccc1F)N(C)c1cccc(Br)c1CN. The predicted octanol–water partition coefficient (Wildman–Crippen LogP) is 4.24. The lowest BCUT2D eigenvalue weighted by Crippen LogP contribution is -2.24. The number of halogens is 2. The second-order valence-electron chi connectivity index (χ2n) is 4.75. The highest BCUT2D eigenvalue weighted by Crippen LogP contribution is 2.32. The average molecular weight is 337 g/mol. The van der Waals surface area contributed by atoms with Crippen molar-refractivity contribution in [3.63, 3.8) is 0 Å². The second kappa shape index (κ2) is 6.37. The van der Waals surface area contributed by atoms with Gasteiger partial charge in [0.15, 0.2) is 0 Å². The molecule has 2 N–H and O–H groups in total. The largest absolute Gasteiger partial charge is 0.367 e. The zero-order valence-electron chi connectivity index (χ0n) is 11.6. The monoisotopic (exact) mass is 336 g/mol. The molecule has 106 valence electrons. The molecule has 0 heterocycles. The molecular weight excluding hydrogens is 319 g/mol. The van der Waals surface area contributed by atoms with Gasteiger partial charge >= 0.3 is 0 Å². The summed E-state index contributed by atoms with van der Waals surface area (Å²) < 4.78 is 14.9. The molecule has 2 nitrogen and oxygen atoms in total. The van der Waals surface area contributed by atoms with Gasteiger partial charge in [0.25, 0.3) is 0 Å². The van der Waals surface area contributed by atoms with Crippen LogP contribution in [0.4, 0.5) is 10.1 Å². The summed E-state index contributed by atoms with van der Waals surface area (Å²) in [5.74, 6) is -0.184. The Morgan fingerprint density at radius 3 is 2.55 bits per heavy atom. The molecule has 0 amide bonds. The Labute approximate surface area is 127 Å². The van der Waals surface area contributed by atoms with Crippen molar-refractivity contribution in [1.82, 2.24) is 0 Å². The van der Waals surface area contributed by atoms with Gasteiger partial charge in [0, 0.05) is 34.9 Å². The van der Waals surface area contributed by atoms with Gasteiger partial charge in [0.2, 0.25) is 0 Å². The van der Waals surface area contributed by atoms with Gasteiger partial charge in [-0.15, -0.1) is 0 Å². The molecule has 0 radical (unpaired) electrons. The third-order valence-corrected chi connectivity index (χ3v) is 4.36. The summed E-state index contributed by atoms with van der Waals surface area (Å²) in [5, 5.41) is 0. The quantitative estimate of drug-likeness (QED) is 0.904. The van der Waals surface area contributed by atoms with Gasteiger partial charge in [-0.3, -0.25) is 0 Å². The van der Waals surface area contributed by atoms with Gasteiger partial charge in [-0.2, -0.15) is 0 Å². The molecule has 0 saturated carbocycles. The van der Waals surface area contributed by atoms with E-state index in [2.05, 4.69) is 15.9 Å². The molecule has 2 aromatic carbocycles. The van der Waals surface area contributed by atoms with Crippen LogP contribution in [0.5, 0.6) is 0 Å². The minimum atomic E-state index is -0.184. The highest BCUT2D eigenvalue weighted by atomic mass is 79.9. The van der Waals surface area contributed by atoms with Crippen molar-refractivity contribution in [2.75, 3.05) is 11.9 Å². The van der Waals surface area contributed by atoms with E-state index in [9.17, 15) is 4.39 Å². The smallest absolute Gasteiger partial charge is 0.128 e. The maximum absolute atomic E-state index is 13.9. The zero-order chi connectivity index (χ0) is 14.7. The Hall–Kier alpha value is -1.39. The van der Waals surface area contributed by atoms with Crippen LogP contribution in [0.15, 0.2) is 46.9 Å². The molecule has 2 rings (SSSR count). The Morgan fingerprint density at radius 1 is 1.20 bits per heavy atom. The number of benzene rings is 2. The van der Waals surface area contributed by atoms with Crippen molar-refractivity contribution in [3.05, 3.63) is 63.9 Å². The summed E-state index contributed by atoms with van der Waals surface area (Å²) in [6.07, 6.45) is 0. The minimum absolute atomic E-state index is 0.0733. The van der Waals surface area contributed by atoms with E-state index in [0.29, 0.717) is 12.1 Å². The molecule has 1 atom stereocenters. The number of rotatable bonds is 4. The number of hydrogen-bond donors (Lipinski definition) is 1. The van der Waals surface area contributed by atoms with Crippen LogP contribution in [0.1, 0.15) is 24.1 Å². The number of hydrogen-bond acceptors (Lipinski definition) is 2. The molecule has 0 spiro atoms. The Kier molecular flexibility index (Phi) is 4.78. The standard InChI is InChI=1S/C16H18BrFN2/c1-11(12-6-3-4-8-15(12)18)20(2)16-9-5-7-14(17)13(16)10-19/h3-9,11H,10,19H2,1-2H3. The molecular formula is C16H18BrFN2. The van der Waals surface area contributed by atoms with Crippen LogP contribution in [-0.2, 0) is 6.54 Å². The molecule has 0 fully saturated rings. The normalized spacial score (nSPS) is 12.2. The maximum atomic E-state index is 13.9. The first-order valence-electron chi connectivity index (χ1n) is 6.51. The Morgan fingerprint density at radius 2 is 1.90 bits per heavy atom. The third kappa shape index (κ3) is 2.86. The van der Waals surface area contributed by atoms with E-state index in [1.807, 2.05) is 49.2 Å². The first-order valence-corrected chi connectivity index (χ1v) is 7.30. The van der Waals surface area contributed by atoms with E-state index < -0.39 is 0 Å². The maximum Gasteiger partial charge on any atom is 0.128 e. The minimum Gasteiger partial charge on any atom is -0.367 e. The first kappa shape index (κ1) is 15.0. The van der Waals surface area contributed by atoms with Gasteiger partial charge in [0.1, 0.15) is 5.82 Å². The summed E-state index contributed by atoms with van der Waals surface area (Å²) >= 11 is 3.51. The van der Waals surface area contributed by atoms with Crippen LogP contribution >= 0.6 is 15.9 Å². The zero-order valence-corrected chi connectivity index (χ0v) is 13.2. The van der Waals surface area contributed by atoms with Crippen molar-refractivity contribution in [1.29, 1.82) is 0 Å². The summed E-state index contributed by atoms with van der Waals surface area (Å²) in [5.41, 5.74) is 8.54.